The summed E-state index contributed by atoms with van der Waals surface area (Å²) in [6.45, 7) is 21.8. The molecule has 9 N–H and O–H groups in total. The molecule has 0 radical (unpaired) electrons. The molecule has 1 heterocycles. The summed E-state index contributed by atoms with van der Waals surface area (Å²) >= 11 is 0. The number of nitrogens with one attached hydrogen (secondary N) is 7. The first-order valence-electron chi connectivity index (χ1n) is 26.4. The van der Waals surface area contributed by atoms with Crippen molar-refractivity contribution >= 4 is 59.3 Å². The molecule has 1 aliphatic rings. The quantitative estimate of drug-likeness (QED) is 0.0498. The van der Waals surface area contributed by atoms with E-state index < -0.39 is 145 Å². The lowest BCUT2D eigenvalue weighted by molar-refractivity contribution is -0.155. The molecule has 72 heavy (non-hydrogen) atoms. The summed E-state index contributed by atoms with van der Waals surface area (Å²) in [7, 11) is 0. The molecule has 7 amide bonds. The molecule has 0 aromatic rings. The number of carbonyl (C=O) groups is 10. The van der Waals surface area contributed by atoms with Gasteiger partial charge >= 0.3 is 17.9 Å². The first-order chi connectivity index (χ1) is 33.6. The van der Waals surface area contributed by atoms with Crippen LogP contribution in [0, 0.1) is 35.5 Å². The molecule has 1 aliphatic heterocycles. The molecule has 0 saturated carbocycles. The molecule has 8 atom stereocenters. The third-order valence-corrected chi connectivity index (χ3v) is 12.3. The van der Waals surface area contributed by atoms with Crippen LogP contribution >= 0.6 is 0 Å². The van der Waals surface area contributed by atoms with Gasteiger partial charge in [0.25, 0.3) is 0 Å². The molecule has 0 bridgehead atoms. The molecular weight excluding hydrogens is 931 g/mol. The Morgan fingerprint density at radius 1 is 0.458 bits per heavy atom. The van der Waals surface area contributed by atoms with Gasteiger partial charge in [-0.05, 0) is 74.0 Å². The molecule has 0 aromatic heterocycles. The summed E-state index contributed by atoms with van der Waals surface area (Å²) in [5.41, 5.74) is 0. The second kappa shape index (κ2) is 33.4. The molecule has 1 unspecified atom stereocenters. The fourth-order valence-corrected chi connectivity index (χ4v) is 8.37. The Kier molecular flexibility index (Phi) is 30.0. The highest BCUT2D eigenvalue weighted by atomic mass is 16.5. The summed E-state index contributed by atoms with van der Waals surface area (Å²) < 4.78 is 5.98. The largest absolute Gasteiger partial charge is 0.481 e. The highest BCUT2D eigenvalue weighted by Crippen LogP contribution is 2.19. The van der Waals surface area contributed by atoms with Crippen molar-refractivity contribution in [3.8, 4) is 0 Å². The van der Waals surface area contributed by atoms with Crippen LogP contribution in [0.4, 0.5) is 0 Å². The van der Waals surface area contributed by atoms with Crippen molar-refractivity contribution in [2.45, 2.75) is 234 Å². The summed E-state index contributed by atoms with van der Waals surface area (Å²) in [4.78, 5) is 136. The van der Waals surface area contributed by atoms with Gasteiger partial charge in [-0.1, -0.05) is 128 Å². The molecular formula is C52H91N7O13. The van der Waals surface area contributed by atoms with Crippen LogP contribution in [0.15, 0.2) is 0 Å². The van der Waals surface area contributed by atoms with Crippen molar-refractivity contribution in [2.24, 2.45) is 35.5 Å². The average Bonchev–Trinajstić information content (AvgIpc) is 3.25. The molecule has 1 fully saturated rings. The molecule has 0 aromatic carbocycles. The predicted molar refractivity (Wildman–Crippen MR) is 272 cm³/mol. The van der Waals surface area contributed by atoms with Gasteiger partial charge < -0.3 is 52.2 Å². The number of carbonyl (C=O) groups excluding carboxylic acids is 8. The molecule has 20 nitrogen and oxygen atoms in total. The van der Waals surface area contributed by atoms with Gasteiger partial charge in [-0.2, -0.15) is 0 Å². The van der Waals surface area contributed by atoms with Crippen molar-refractivity contribution < 1.29 is 62.9 Å². The predicted octanol–water partition coefficient (Wildman–Crippen LogP) is 4.65. The number of esters is 1. The van der Waals surface area contributed by atoms with Crippen LogP contribution in [0.1, 0.15) is 186 Å². The number of hydrogen-bond donors (Lipinski definition) is 9. The topological polar surface area (TPSA) is 305 Å². The van der Waals surface area contributed by atoms with Gasteiger partial charge in [0.05, 0.1) is 12.8 Å². The number of carboxylic acids is 2. The maximum atomic E-state index is 14.1. The Morgan fingerprint density at radius 3 is 1.33 bits per heavy atom. The van der Waals surface area contributed by atoms with Crippen LogP contribution in [0.2, 0.25) is 0 Å². The lowest BCUT2D eigenvalue weighted by Gasteiger charge is -2.30. The van der Waals surface area contributed by atoms with Crippen LogP contribution in [0.5, 0.6) is 0 Å². The molecule has 0 aliphatic carbocycles. The number of hydrogen-bond acceptors (Lipinski definition) is 11. The number of amides is 7. The van der Waals surface area contributed by atoms with Gasteiger partial charge in [0.15, 0.2) is 0 Å². The van der Waals surface area contributed by atoms with Gasteiger partial charge in [-0.25, -0.2) is 4.79 Å². The highest BCUT2D eigenvalue weighted by Gasteiger charge is 2.37. The van der Waals surface area contributed by atoms with E-state index in [2.05, 4.69) is 51.1 Å². The zero-order valence-corrected chi connectivity index (χ0v) is 45.3. The smallest absolute Gasteiger partial charge is 0.328 e. The lowest BCUT2D eigenvalue weighted by atomic mass is 9.97. The van der Waals surface area contributed by atoms with Crippen LogP contribution < -0.4 is 37.2 Å². The molecule has 412 valence electrons. The summed E-state index contributed by atoms with van der Waals surface area (Å²) in [6, 6.07) is -9.59. The fraction of sp³-hybridized carbons (Fsp3) is 0.808. The van der Waals surface area contributed by atoms with E-state index in [1.807, 2.05) is 13.8 Å². The van der Waals surface area contributed by atoms with Crippen molar-refractivity contribution in [2.75, 3.05) is 0 Å². The van der Waals surface area contributed by atoms with Crippen LogP contribution in [0.3, 0.4) is 0 Å². The van der Waals surface area contributed by atoms with Crippen molar-refractivity contribution in [3.63, 3.8) is 0 Å². The number of rotatable bonds is 23. The van der Waals surface area contributed by atoms with Crippen LogP contribution in [0.25, 0.3) is 0 Å². The van der Waals surface area contributed by atoms with Gasteiger partial charge in [0.1, 0.15) is 48.4 Å². The Bertz CT molecular complexity index is 1790. The molecule has 1 saturated heterocycles. The Balaban J connectivity index is 3.92. The standard InChI is InChI=1S/C52H91N7O13/c1-29(2)20-18-16-14-13-15-17-19-21-35-27-41(60)53-39(28-43(63)64)48(67)55-37(24-30(3)4)47(66)56-38(25-31(5)6)49(68)58-45(34(11)12)51(70)59-44(33(9)10)50(69)54-36(22-23-42(61)62)46(65)57-40(26-32(7)8)52(71)72-35/h29-40,44-45H,13-28H2,1-12H3,(H,53,60)(H,54,69)(H,55,67)(H,56,66)(H,57,65)(H,58,68)(H,59,70)(H,61,62)(H,63,64)/t35?,36-,37-,38-,39-,40-,44-,45-/m0/s1. The van der Waals surface area contributed by atoms with Crippen molar-refractivity contribution in [1.82, 2.24) is 37.2 Å². The fourth-order valence-electron chi connectivity index (χ4n) is 8.37. The Hall–Kier alpha value is -5.30. The van der Waals surface area contributed by atoms with Gasteiger partial charge in [-0.3, -0.25) is 43.2 Å². The molecule has 0 spiro atoms. The van der Waals surface area contributed by atoms with E-state index in [9.17, 15) is 58.2 Å². The van der Waals surface area contributed by atoms with E-state index in [1.54, 1.807) is 55.4 Å². The highest BCUT2D eigenvalue weighted by molar-refractivity contribution is 5.98. The van der Waals surface area contributed by atoms with E-state index in [4.69, 9.17) is 4.74 Å². The minimum Gasteiger partial charge on any atom is -0.481 e. The average molecular weight is 1020 g/mol. The number of aliphatic carboxylic acids is 2. The first-order valence-corrected chi connectivity index (χ1v) is 26.4. The van der Waals surface area contributed by atoms with E-state index in [1.165, 1.54) is 0 Å². The monoisotopic (exact) mass is 1020 g/mol. The van der Waals surface area contributed by atoms with Gasteiger partial charge in [0.2, 0.25) is 41.4 Å². The van der Waals surface area contributed by atoms with Crippen molar-refractivity contribution in [1.29, 1.82) is 0 Å². The Labute approximate surface area is 428 Å². The van der Waals surface area contributed by atoms with Crippen LogP contribution in [-0.4, -0.2) is 118 Å². The lowest BCUT2D eigenvalue weighted by Crippen LogP contribution is -2.61. The number of carboxylic acid groups (broad SMARTS) is 2. The van der Waals surface area contributed by atoms with Crippen molar-refractivity contribution in [3.05, 3.63) is 0 Å². The second-order valence-corrected chi connectivity index (χ2v) is 22.0. The minimum absolute atomic E-state index is 0.0386. The maximum absolute atomic E-state index is 14.1. The minimum atomic E-state index is -1.68. The van der Waals surface area contributed by atoms with E-state index in [-0.39, 0.29) is 43.4 Å². The van der Waals surface area contributed by atoms with Gasteiger partial charge in [0, 0.05) is 6.42 Å². The third-order valence-electron chi connectivity index (χ3n) is 12.3. The third kappa shape index (κ3) is 26.4. The summed E-state index contributed by atoms with van der Waals surface area (Å²) in [6.07, 6.45) is 4.60. The number of ether oxygens (including phenoxy) is 1. The summed E-state index contributed by atoms with van der Waals surface area (Å²) in [5, 5.41) is 37.8. The normalized spacial score (nSPS) is 24.2. The zero-order chi connectivity index (χ0) is 54.8. The number of cyclic esters (lactones) is 1. The van der Waals surface area contributed by atoms with Crippen LogP contribution in [-0.2, 0) is 52.7 Å². The zero-order valence-electron chi connectivity index (χ0n) is 45.3. The molecule has 20 heteroatoms. The second-order valence-electron chi connectivity index (χ2n) is 22.0. The Morgan fingerprint density at radius 2 is 0.861 bits per heavy atom. The summed E-state index contributed by atoms with van der Waals surface area (Å²) in [5.74, 6) is -10.5. The van der Waals surface area contributed by atoms with E-state index in [0.717, 1.165) is 44.9 Å². The SMILES string of the molecule is CC(C)CCCCCCCCCC1CC(=O)N[C@@H](CC(=O)O)C(=O)N[C@@H](CC(C)C)C(=O)N[C@@H](CC(C)C)C(=O)N[C@@H](C(C)C)C(=O)N[C@@H](C(C)C)C(=O)N[C@@H](CCC(=O)O)C(=O)N[C@@H](CC(C)C)C(=O)O1. The van der Waals surface area contributed by atoms with Gasteiger partial charge in [-0.15, -0.1) is 0 Å². The molecule has 1 rings (SSSR count). The number of unbranched alkanes of at least 4 members (excludes halogenated alkanes) is 6. The maximum Gasteiger partial charge on any atom is 0.328 e. The van der Waals surface area contributed by atoms with E-state index >= 15 is 0 Å². The first kappa shape index (κ1) is 64.7. The van der Waals surface area contributed by atoms with E-state index in [0.29, 0.717) is 12.3 Å².